The van der Waals surface area contributed by atoms with Gasteiger partial charge in [-0.25, -0.2) is 13.8 Å². The van der Waals surface area contributed by atoms with Gasteiger partial charge in [0.05, 0.1) is 37.5 Å². The number of hydrogen-bond donors (Lipinski definition) is 1. The van der Waals surface area contributed by atoms with Crippen LogP contribution in [-0.4, -0.2) is 89.1 Å². The van der Waals surface area contributed by atoms with Crippen molar-refractivity contribution in [2.24, 2.45) is 0 Å². The van der Waals surface area contributed by atoms with Crippen molar-refractivity contribution < 1.29 is 18.3 Å². The maximum absolute atomic E-state index is 14.1. The molecular formula is C26H33F2N7O2. The van der Waals surface area contributed by atoms with E-state index in [-0.39, 0.29) is 11.9 Å². The minimum atomic E-state index is -2.74. The van der Waals surface area contributed by atoms with Gasteiger partial charge in [0.1, 0.15) is 11.6 Å². The Bertz CT molecular complexity index is 1200. The molecule has 1 aliphatic carbocycles. The topological polar surface area (TPSA) is 80.6 Å². The first-order valence-electron chi connectivity index (χ1n) is 13.2. The second-order valence-corrected chi connectivity index (χ2v) is 9.90. The fourth-order valence-corrected chi connectivity index (χ4v) is 5.70. The summed E-state index contributed by atoms with van der Waals surface area (Å²) in [5.41, 5.74) is 1.11. The molecule has 0 radical (unpaired) electrons. The summed E-state index contributed by atoms with van der Waals surface area (Å²) in [6, 6.07) is 9.77. The van der Waals surface area contributed by atoms with Crippen LogP contribution in [0.15, 0.2) is 30.3 Å². The lowest BCUT2D eigenvalue weighted by molar-refractivity contribution is 0.00790. The smallest absolute Gasteiger partial charge is 0.296 e. The van der Waals surface area contributed by atoms with Crippen LogP contribution in [0.1, 0.15) is 37.9 Å². The van der Waals surface area contributed by atoms with Gasteiger partial charge in [0.2, 0.25) is 5.95 Å². The quantitative estimate of drug-likeness (QED) is 0.535. The molecule has 198 valence electrons. The molecule has 11 heteroatoms. The number of alkyl halides is 2. The second-order valence-electron chi connectivity index (χ2n) is 9.90. The fraction of sp³-hybridized carbons (Fsp3) is 0.577. The summed E-state index contributed by atoms with van der Waals surface area (Å²) in [5, 5.41) is 3.54. The second kappa shape index (κ2) is 10.8. The van der Waals surface area contributed by atoms with Crippen molar-refractivity contribution in [3.8, 4) is 5.82 Å². The molecule has 37 heavy (non-hydrogen) atoms. The van der Waals surface area contributed by atoms with Crippen LogP contribution in [0.5, 0.6) is 0 Å². The molecule has 0 unspecified atom stereocenters. The number of nitrogens with one attached hydrogen (secondary N) is 1. The first kappa shape index (κ1) is 24.4. The summed E-state index contributed by atoms with van der Waals surface area (Å²) in [6.07, 6.45) is 1.50. The van der Waals surface area contributed by atoms with Crippen LogP contribution in [0, 0.1) is 0 Å². The Kier molecular flexibility index (Phi) is 7.16. The zero-order chi connectivity index (χ0) is 25.2. The fourth-order valence-electron chi connectivity index (χ4n) is 5.70. The first-order valence-corrected chi connectivity index (χ1v) is 13.2. The number of benzene rings is 1. The Morgan fingerprint density at radius 1 is 0.838 bits per heavy atom. The van der Waals surface area contributed by atoms with E-state index in [4.69, 9.17) is 19.4 Å². The molecule has 0 amide bonds. The van der Waals surface area contributed by atoms with E-state index in [2.05, 4.69) is 20.1 Å². The van der Waals surface area contributed by atoms with Crippen molar-refractivity contribution in [2.45, 2.75) is 44.2 Å². The van der Waals surface area contributed by atoms with Gasteiger partial charge < -0.3 is 19.7 Å². The Hall–Kier alpha value is -2.89. The average molecular weight is 514 g/mol. The van der Waals surface area contributed by atoms with Gasteiger partial charge in [0.25, 0.3) is 6.43 Å². The van der Waals surface area contributed by atoms with Gasteiger partial charge in [-0.15, -0.1) is 0 Å². The molecule has 3 aromatic rings. The lowest BCUT2D eigenvalue weighted by Gasteiger charge is -2.39. The largest absolute Gasteiger partial charge is 0.379 e. The molecule has 3 fully saturated rings. The number of halogens is 2. The van der Waals surface area contributed by atoms with Gasteiger partial charge in [-0.2, -0.15) is 9.97 Å². The molecule has 0 atom stereocenters. The molecule has 3 aliphatic rings. The van der Waals surface area contributed by atoms with E-state index in [9.17, 15) is 8.78 Å². The third-order valence-corrected chi connectivity index (χ3v) is 7.64. The van der Waals surface area contributed by atoms with Crippen LogP contribution in [0.2, 0.25) is 0 Å². The van der Waals surface area contributed by atoms with Gasteiger partial charge in [0, 0.05) is 44.3 Å². The van der Waals surface area contributed by atoms with Crippen molar-refractivity contribution in [2.75, 3.05) is 62.8 Å². The number of fused-ring (bicyclic) bond motifs is 1. The standard InChI is InChI=1S/C26H33F2N7O2/c27-24(28)25-30-20-3-1-2-4-21(20)35(25)23-17-22(34-11-15-37-16-12-34)31-26(32-23)29-18-5-7-19(8-6-18)33-9-13-36-14-10-33/h1-4,17-19,24H,5-16H2,(H,29,31,32)/t18-,19-. The predicted molar refractivity (Wildman–Crippen MR) is 137 cm³/mol. The summed E-state index contributed by atoms with van der Waals surface area (Å²) in [7, 11) is 0. The summed E-state index contributed by atoms with van der Waals surface area (Å²) in [4.78, 5) is 18.5. The predicted octanol–water partition coefficient (Wildman–Crippen LogP) is 3.65. The normalized spacial score (nSPS) is 23.6. The number of anilines is 2. The Balaban J connectivity index is 1.29. The van der Waals surface area contributed by atoms with Gasteiger partial charge in [-0.3, -0.25) is 9.47 Å². The first-order chi connectivity index (χ1) is 18.2. The van der Waals surface area contributed by atoms with Crippen molar-refractivity contribution in [3.63, 3.8) is 0 Å². The summed E-state index contributed by atoms with van der Waals surface area (Å²) >= 11 is 0. The minimum absolute atomic E-state index is 0.235. The third-order valence-electron chi connectivity index (χ3n) is 7.64. The Morgan fingerprint density at radius 3 is 2.24 bits per heavy atom. The van der Waals surface area contributed by atoms with Crippen LogP contribution >= 0.6 is 0 Å². The highest BCUT2D eigenvalue weighted by molar-refractivity contribution is 5.78. The van der Waals surface area contributed by atoms with Crippen LogP contribution in [0.4, 0.5) is 20.5 Å². The number of rotatable bonds is 6. The highest BCUT2D eigenvalue weighted by Gasteiger charge is 2.28. The molecular weight excluding hydrogens is 480 g/mol. The highest BCUT2D eigenvalue weighted by Crippen LogP contribution is 2.30. The zero-order valence-corrected chi connectivity index (χ0v) is 20.9. The molecule has 1 N–H and O–H groups in total. The molecule has 2 aliphatic heterocycles. The van der Waals surface area contributed by atoms with E-state index in [1.165, 1.54) is 4.57 Å². The Morgan fingerprint density at radius 2 is 1.51 bits per heavy atom. The van der Waals surface area contributed by atoms with Gasteiger partial charge in [-0.05, 0) is 37.8 Å². The zero-order valence-electron chi connectivity index (χ0n) is 20.9. The molecule has 2 saturated heterocycles. The third kappa shape index (κ3) is 5.25. The number of hydrogen-bond acceptors (Lipinski definition) is 8. The van der Waals surface area contributed by atoms with Crippen LogP contribution in [0.25, 0.3) is 16.9 Å². The van der Waals surface area contributed by atoms with Crippen molar-refractivity contribution in [3.05, 3.63) is 36.2 Å². The van der Waals surface area contributed by atoms with Crippen LogP contribution in [-0.2, 0) is 9.47 Å². The number of ether oxygens (including phenoxy) is 2. The number of imidazole rings is 1. The van der Waals surface area contributed by atoms with E-state index in [0.29, 0.717) is 61.0 Å². The SMILES string of the molecule is FC(F)c1nc2ccccc2n1-c1cc(N2CCOCC2)nc(N[C@H]2CC[C@H](N3CCOCC3)CC2)n1. The van der Waals surface area contributed by atoms with E-state index in [1.54, 1.807) is 24.3 Å². The van der Waals surface area contributed by atoms with E-state index < -0.39 is 6.43 Å². The lowest BCUT2D eigenvalue weighted by Crippen LogP contribution is -2.46. The van der Waals surface area contributed by atoms with Crippen molar-refractivity contribution in [1.29, 1.82) is 0 Å². The molecule has 0 bridgehead atoms. The highest BCUT2D eigenvalue weighted by atomic mass is 19.3. The maximum atomic E-state index is 14.1. The molecule has 4 heterocycles. The van der Waals surface area contributed by atoms with Gasteiger partial charge >= 0.3 is 0 Å². The van der Waals surface area contributed by atoms with Gasteiger partial charge in [0.15, 0.2) is 5.82 Å². The minimum Gasteiger partial charge on any atom is -0.379 e. The number of aromatic nitrogens is 4. The van der Waals surface area contributed by atoms with Crippen molar-refractivity contribution >= 4 is 22.8 Å². The van der Waals surface area contributed by atoms with E-state index in [1.807, 2.05) is 6.07 Å². The molecule has 1 saturated carbocycles. The monoisotopic (exact) mass is 513 g/mol. The van der Waals surface area contributed by atoms with E-state index >= 15 is 0 Å². The van der Waals surface area contributed by atoms with Crippen LogP contribution in [0.3, 0.4) is 0 Å². The molecule has 1 aromatic carbocycles. The number of morpholine rings is 2. The maximum Gasteiger partial charge on any atom is 0.296 e. The lowest BCUT2D eigenvalue weighted by atomic mass is 9.90. The summed E-state index contributed by atoms with van der Waals surface area (Å²) in [6.45, 7) is 6.21. The van der Waals surface area contributed by atoms with Crippen molar-refractivity contribution in [1.82, 2.24) is 24.4 Å². The average Bonchev–Trinajstić information content (AvgIpc) is 3.35. The number of para-hydroxylation sites is 2. The molecule has 2 aromatic heterocycles. The molecule has 6 rings (SSSR count). The summed E-state index contributed by atoms with van der Waals surface area (Å²) in [5.74, 6) is 1.25. The van der Waals surface area contributed by atoms with E-state index in [0.717, 1.165) is 52.0 Å². The number of nitrogens with zero attached hydrogens (tertiary/aromatic N) is 6. The Labute approximate surface area is 214 Å². The van der Waals surface area contributed by atoms with Gasteiger partial charge in [-0.1, -0.05) is 12.1 Å². The molecule has 0 spiro atoms. The molecule has 9 nitrogen and oxygen atoms in total. The van der Waals surface area contributed by atoms with Crippen LogP contribution < -0.4 is 10.2 Å². The summed E-state index contributed by atoms with van der Waals surface area (Å²) < 4.78 is 40.7.